The second kappa shape index (κ2) is 11.6. The number of likely N-dealkylation sites (tertiary alicyclic amines) is 1. The molecular weight excluding hydrogens is 558 g/mol. The van der Waals surface area contributed by atoms with Gasteiger partial charge in [0.2, 0.25) is 11.9 Å². The number of benzene rings is 1. The Balaban J connectivity index is 1.29. The lowest BCUT2D eigenvalue weighted by molar-refractivity contribution is -0.117. The molecule has 1 saturated heterocycles. The minimum atomic E-state index is -3.60. The number of hydrogen-bond donors (Lipinski definition) is 2. The molecule has 1 amide bonds. The van der Waals surface area contributed by atoms with E-state index in [0.29, 0.717) is 33.3 Å². The number of pyridine rings is 1. The Kier molecular flexibility index (Phi) is 8.02. The SMILES string of the molecule is CS(=O)(=O)CN(c1ccc(Nc2ncc3cnn(-c4ccc(NC(=O)CN5CCCC5)cc4)c3n2)cn1)S(=O)[O-]. The van der Waals surface area contributed by atoms with Crippen molar-refractivity contribution in [1.29, 1.82) is 0 Å². The highest BCUT2D eigenvalue weighted by Gasteiger charge is 2.17. The van der Waals surface area contributed by atoms with E-state index in [1.807, 2.05) is 12.1 Å². The Hall–Kier alpha value is -3.99. The predicted octanol–water partition coefficient (Wildman–Crippen LogP) is 1.59. The zero-order valence-electron chi connectivity index (χ0n) is 21.4. The Labute approximate surface area is 232 Å². The number of amides is 1. The van der Waals surface area contributed by atoms with Gasteiger partial charge in [-0.15, -0.1) is 0 Å². The van der Waals surface area contributed by atoms with Crippen LogP contribution in [0.25, 0.3) is 16.7 Å². The number of nitrogens with zero attached hydrogens (tertiary/aromatic N) is 7. The number of anilines is 4. The van der Waals surface area contributed by atoms with Crippen LogP contribution in [-0.2, 0) is 25.9 Å². The molecule has 0 aliphatic carbocycles. The number of carbonyl (C=O) groups excluding carboxylic acids is 1. The van der Waals surface area contributed by atoms with Crippen molar-refractivity contribution in [3.05, 3.63) is 55.0 Å². The van der Waals surface area contributed by atoms with Gasteiger partial charge in [0.25, 0.3) is 0 Å². The first kappa shape index (κ1) is 27.6. The van der Waals surface area contributed by atoms with Crippen LogP contribution in [0, 0.1) is 0 Å². The first-order chi connectivity index (χ1) is 19.1. The molecule has 14 nitrogen and oxygen atoms in total. The van der Waals surface area contributed by atoms with Crippen LogP contribution in [0.4, 0.5) is 23.1 Å². The van der Waals surface area contributed by atoms with Crippen LogP contribution >= 0.6 is 0 Å². The fourth-order valence-corrected chi connectivity index (χ4v) is 5.97. The molecule has 2 N–H and O–H groups in total. The molecule has 5 rings (SSSR count). The summed E-state index contributed by atoms with van der Waals surface area (Å²) in [4.78, 5) is 27.4. The molecule has 40 heavy (non-hydrogen) atoms. The second-order valence-electron chi connectivity index (χ2n) is 9.29. The van der Waals surface area contributed by atoms with Crippen molar-refractivity contribution in [3.8, 4) is 5.69 Å². The van der Waals surface area contributed by atoms with E-state index in [1.54, 1.807) is 29.2 Å². The molecule has 1 aliphatic heterocycles. The Bertz CT molecular complexity index is 1640. The van der Waals surface area contributed by atoms with Crippen molar-refractivity contribution >= 4 is 61.2 Å². The summed E-state index contributed by atoms with van der Waals surface area (Å²) in [6.45, 7) is 2.28. The van der Waals surface area contributed by atoms with Crippen LogP contribution < -0.4 is 14.9 Å². The summed E-state index contributed by atoms with van der Waals surface area (Å²) < 4.78 is 48.4. The van der Waals surface area contributed by atoms with E-state index in [1.165, 1.54) is 18.3 Å². The molecule has 0 bridgehead atoms. The molecule has 0 radical (unpaired) electrons. The van der Waals surface area contributed by atoms with Crippen molar-refractivity contribution in [2.75, 3.05) is 46.7 Å². The van der Waals surface area contributed by atoms with E-state index < -0.39 is 27.0 Å². The van der Waals surface area contributed by atoms with Gasteiger partial charge in [0.15, 0.2) is 15.5 Å². The topological polar surface area (TPSA) is 178 Å². The summed E-state index contributed by atoms with van der Waals surface area (Å²) >= 11 is -2.82. The third-order valence-corrected chi connectivity index (χ3v) is 7.63. The molecule has 1 atom stereocenters. The lowest BCUT2D eigenvalue weighted by Gasteiger charge is -2.24. The minimum Gasteiger partial charge on any atom is -0.755 e. The van der Waals surface area contributed by atoms with Crippen LogP contribution in [0.15, 0.2) is 55.0 Å². The fraction of sp³-hybridized carbons (Fsp3) is 0.292. The number of nitrogens with one attached hydrogen (secondary N) is 2. The third-order valence-electron chi connectivity index (χ3n) is 6.06. The normalized spacial score (nSPS) is 14.8. The van der Waals surface area contributed by atoms with Gasteiger partial charge < -0.3 is 15.2 Å². The van der Waals surface area contributed by atoms with Crippen molar-refractivity contribution in [2.24, 2.45) is 0 Å². The first-order valence-electron chi connectivity index (χ1n) is 12.3. The summed E-state index contributed by atoms with van der Waals surface area (Å²) in [5.74, 6) is -0.572. The quantitative estimate of drug-likeness (QED) is 0.259. The molecule has 1 fully saturated rings. The predicted molar refractivity (Wildman–Crippen MR) is 150 cm³/mol. The average Bonchev–Trinajstić information content (AvgIpc) is 3.57. The molecule has 1 aromatic carbocycles. The van der Waals surface area contributed by atoms with Gasteiger partial charge in [0.05, 0.1) is 35.7 Å². The van der Waals surface area contributed by atoms with E-state index >= 15 is 0 Å². The van der Waals surface area contributed by atoms with Crippen molar-refractivity contribution in [2.45, 2.75) is 12.8 Å². The van der Waals surface area contributed by atoms with E-state index in [0.717, 1.165) is 37.9 Å². The van der Waals surface area contributed by atoms with Crippen LogP contribution in [0.5, 0.6) is 0 Å². The van der Waals surface area contributed by atoms with Gasteiger partial charge in [-0.1, -0.05) is 0 Å². The van der Waals surface area contributed by atoms with Crippen LogP contribution in [0.2, 0.25) is 0 Å². The molecule has 4 heterocycles. The van der Waals surface area contributed by atoms with Crippen molar-refractivity contribution < 1.29 is 22.0 Å². The van der Waals surface area contributed by atoms with Gasteiger partial charge in [-0.25, -0.2) is 23.1 Å². The van der Waals surface area contributed by atoms with Crippen molar-refractivity contribution in [3.63, 3.8) is 0 Å². The standard InChI is InChI=1S/C24H27N9O5S2/c1-40(37,38)16-32(39(35)36)21-9-6-19(14-25-21)29-24-26-12-17-13-27-33(23(17)30-24)20-7-4-18(5-8-20)28-22(34)15-31-10-2-3-11-31/h4-9,12-14H,2-3,10-11,15-16H2,1H3,(H,28,34)(H,35,36)(H,26,29,30)/p-1. The van der Waals surface area contributed by atoms with E-state index in [2.05, 4.69) is 35.6 Å². The largest absolute Gasteiger partial charge is 0.755 e. The fourth-order valence-electron chi connectivity index (χ4n) is 4.23. The minimum absolute atomic E-state index is 0.0467. The average molecular weight is 585 g/mol. The van der Waals surface area contributed by atoms with Crippen LogP contribution in [-0.4, -0.2) is 84.5 Å². The number of rotatable bonds is 10. The van der Waals surface area contributed by atoms with E-state index in [-0.39, 0.29) is 17.7 Å². The summed E-state index contributed by atoms with van der Waals surface area (Å²) in [5, 5.41) is 11.0. The summed E-state index contributed by atoms with van der Waals surface area (Å²) in [6.07, 6.45) is 7.78. The molecule has 16 heteroatoms. The third kappa shape index (κ3) is 6.77. The molecule has 4 aromatic rings. The lowest BCUT2D eigenvalue weighted by Crippen LogP contribution is -2.31. The van der Waals surface area contributed by atoms with Crippen LogP contribution in [0.3, 0.4) is 0 Å². The van der Waals surface area contributed by atoms with Gasteiger partial charge >= 0.3 is 0 Å². The van der Waals surface area contributed by atoms with Gasteiger partial charge in [-0.3, -0.25) is 18.2 Å². The maximum atomic E-state index is 12.3. The molecule has 3 aromatic heterocycles. The lowest BCUT2D eigenvalue weighted by atomic mass is 10.2. The van der Waals surface area contributed by atoms with Gasteiger partial charge in [0.1, 0.15) is 11.7 Å². The molecule has 0 spiro atoms. The molecular formula is C24H26N9O5S2-. The van der Waals surface area contributed by atoms with Gasteiger partial charge in [0, 0.05) is 29.4 Å². The maximum Gasteiger partial charge on any atom is 0.238 e. The van der Waals surface area contributed by atoms with Gasteiger partial charge in [-0.05, 0) is 62.3 Å². The molecule has 210 valence electrons. The zero-order valence-corrected chi connectivity index (χ0v) is 23.1. The zero-order chi connectivity index (χ0) is 28.3. The summed E-state index contributed by atoms with van der Waals surface area (Å²) in [6, 6.07) is 10.2. The Morgan fingerprint density at radius 3 is 2.42 bits per heavy atom. The molecule has 1 unspecified atom stereocenters. The highest BCUT2D eigenvalue weighted by Crippen LogP contribution is 2.22. The van der Waals surface area contributed by atoms with E-state index in [4.69, 9.17) is 0 Å². The smallest absolute Gasteiger partial charge is 0.238 e. The van der Waals surface area contributed by atoms with Crippen LogP contribution in [0.1, 0.15) is 12.8 Å². The number of sulfone groups is 1. The number of fused-ring (bicyclic) bond motifs is 1. The molecule has 0 saturated carbocycles. The number of hydrogen-bond acceptors (Lipinski definition) is 11. The van der Waals surface area contributed by atoms with Gasteiger partial charge in [-0.2, -0.15) is 10.1 Å². The number of carbonyl (C=O) groups is 1. The first-order valence-corrected chi connectivity index (χ1v) is 15.3. The second-order valence-corrected chi connectivity index (χ2v) is 12.3. The molecule has 1 aliphatic rings. The maximum absolute atomic E-state index is 12.3. The Morgan fingerprint density at radius 1 is 1.05 bits per heavy atom. The Morgan fingerprint density at radius 2 is 1.77 bits per heavy atom. The van der Waals surface area contributed by atoms with E-state index in [9.17, 15) is 22.0 Å². The monoisotopic (exact) mass is 584 g/mol. The summed E-state index contributed by atoms with van der Waals surface area (Å²) in [7, 11) is -3.60. The highest BCUT2D eigenvalue weighted by molar-refractivity contribution is 7.92. The summed E-state index contributed by atoms with van der Waals surface area (Å²) in [5.41, 5.74) is 2.42. The van der Waals surface area contributed by atoms with Crippen molar-refractivity contribution in [1.82, 2.24) is 29.6 Å². The highest BCUT2D eigenvalue weighted by atomic mass is 32.2. The number of aromatic nitrogens is 5.